The largest absolute Gasteiger partial charge is 0.454 e. The van der Waals surface area contributed by atoms with E-state index >= 15 is 0 Å². The molecule has 0 atom stereocenters. The third-order valence-corrected chi connectivity index (χ3v) is 4.01. The van der Waals surface area contributed by atoms with Gasteiger partial charge in [0.2, 0.25) is 0 Å². The third kappa shape index (κ3) is 3.86. The Morgan fingerprint density at radius 2 is 2.24 bits per heavy atom. The first kappa shape index (κ1) is 14.6. The summed E-state index contributed by atoms with van der Waals surface area (Å²) in [6.07, 6.45) is 6.27. The van der Waals surface area contributed by atoms with E-state index in [4.69, 9.17) is 4.74 Å². The molecule has 1 N–H and O–H groups in total. The number of aromatic nitrogens is 2. The molecular formula is C16H20BrN3O. The van der Waals surface area contributed by atoms with E-state index in [1.807, 2.05) is 23.0 Å². The van der Waals surface area contributed by atoms with E-state index in [0.29, 0.717) is 12.1 Å². The first-order chi connectivity index (χ1) is 10.1. The molecule has 0 radical (unpaired) electrons. The van der Waals surface area contributed by atoms with Crippen LogP contribution >= 0.6 is 15.9 Å². The minimum atomic E-state index is 0.336. The first-order valence-electron chi connectivity index (χ1n) is 7.35. The Labute approximate surface area is 133 Å². The molecule has 1 saturated carbocycles. The Morgan fingerprint density at radius 1 is 1.43 bits per heavy atom. The Bertz CT molecular complexity index is 620. The molecule has 2 aromatic rings. The monoisotopic (exact) mass is 349 g/mol. The molecule has 3 rings (SSSR count). The third-order valence-electron chi connectivity index (χ3n) is 3.52. The number of rotatable bonds is 6. The van der Waals surface area contributed by atoms with Gasteiger partial charge in [0.15, 0.2) is 5.75 Å². The first-order valence-corrected chi connectivity index (χ1v) is 8.15. The van der Waals surface area contributed by atoms with Crippen molar-refractivity contribution < 1.29 is 4.74 Å². The Kier molecular flexibility index (Phi) is 4.31. The summed E-state index contributed by atoms with van der Waals surface area (Å²) in [7, 11) is 0. The van der Waals surface area contributed by atoms with E-state index in [9.17, 15) is 0 Å². The number of halogens is 1. The van der Waals surface area contributed by atoms with E-state index in [0.717, 1.165) is 28.1 Å². The predicted molar refractivity (Wildman–Crippen MR) is 86.7 cm³/mol. The average Bonchev–Trinajstić information content (AvgIpc) is 3.16. The van der Waals surface area contributed by atoms with Crippen molar-refractivity contribution in [2.75, 3.05) is 0 Å². The van der Waals surface area contributed by atoms with Crippen molar-refractivity contribution in [1.82, 2.24) is 15.1 Å². The van der Waals surface area contributed by atoms with Crippen molar-refractivity contribution in [2.24, 2.45) is 0 Å². The molecule has 0 saturated heterocycles. The van der Waals surface area contributed by atoms with E-state index in [-0.39, 0.29) is 0 Å². The molecule has 1 aromatic carbocycles. The summed E-state index contributed by atoms with van der Waals surface area (Å²) in [5.74, 6) is 1.66. The van der Waals surface area contributed by atoms with Gasteiger partial charge in [-0.3, -0.25) is 4.68 Å². The molecule has 1 aliphatic rings. The van der Waals surface area contributed by atoms with E-state index < -0.39 is 0 Å². The highest BCUT2D eigenvalue weighted by Gasteiger charge is 2.20. The maximum absolute atomic E-state index is 6.00. The van der Waals surface area contributed by atoms with Crippen LogP contribution in [-0.2, 0) is 6.54 Å². The molecule has 21 heavy (non-hydrogen) atoms. The Morgan fingerprint density at radius 3 is 2.90 bits per heavy atom. The lowest BCUT2D eigenvalue weighted by Gasteiger charge is -2.11. The number of nitrogens with zero attached hydrogens (tertiary/aromatic N) is 2. The standard InChI is InChI=1S/C16H20BrN3O/c1-11(2)20-10-15(9-19-20)21-16-6-3-13(17)7-12(16)8-18-14-4-5-14/h3,6-7,9-11,14,18H,4-5,8H2,1-2H3. The van der Waals surface area contributed by atoms with Gasteiger partial charge in [0.25, 0.3) is 0 Å². The van der Waals surface area contributed by atoms with Crippen molar-refractivity contribution in [3.05, 3.63) is 40.6 Å². The van der Waals surface area contributed by atoms with Crippen molar-refractivity contribution in [3.8, 4) is 11.5 Å². The van der Waals surface area contributed by atoms with Gasteiger partial charge in [0.05, 0.1) is 12.4 Å². The van der Waals surface area contributed by atoms with Gasteiger partial charge in [-0.05, 0) is 44.9 Å². The molecule has 1 fully saturated rings. The van der Waals surface area contributed by atoms with E-state index in [2.05, 4.69) is 46.3 Å². The molecule has 0 spiro atoms. The van der Waals surface area contributed by atoms with Crippen molar-refractivity contribution >= 4 is 15.9 Å². The van der Waals surface area contributed by atoms with Gasteiger partial charge in [0.1, 0.15) is 5.75 Å². The summed E-state index contributed by atoms with van der Waals surface area (Å²) in [5, 5.41) is 7.84. The molecule has 0 aliphatic heterocycles. The maximum Gasteiger partial charge on any atom is 0.165 e. The fourth-order valence-corrected chi connectivity index (χ4v) is 2.52. The van der Waals surface area contributed by atoms with Crippen LogP contribution in [0.15, 0.2) is 35.1 Å². The predicted octanol–water partition coefficient (Wildman–Crippen LogP) is 4.27. The fourth-order valence-electron chi connectivity index (χ4n) is 2.11. The topological polar surface area (TPSA) is 39.1 Å². The lowest BCUT2D eigenvalue weighted by molar-refractivity contribution is 0.468. The normalized spacial score (nSPS) is 14.7. The molecule has 0 amide bonds. The molecule has 1 aromatic heterocycles. The molecule has 0 bridgehead atoms. The highest BCUT2D eigenvalue weighted by atomic mass is 79.9. The number of ether oxygens (including phenoxy) is 1. The lowest BCUT2D eigenvalue weighted by Crippen LogP contribution is -2.15. The van der Waals surface area contributed by atoms with Crippen LogP contribution in [-0.4, -0.2) is 15.8 Å². The van der Waals surface area contributed by atoms with Crippen LogP contribution in [0, 0.1) is 0 Å². The summed E-state index contributed by atoms with van der Waals surface area (Å²) in [4.78, 5) is 0. The number of benzene rings is 1. The van der Waals surface area contributed by atoms with Crippen molar-refractivity contribution in [3.63, 3.8) is 0 Å². The molecule has 5 heteroatoms. The van der Waals surface area contributed by atoms with Gasteiger partial charge in [0, 0.05) is 28.7 Å². The molecule has 1 aliphatic carbocycles. The summed E-state index contributed by atoms with van der Waals surface area (Å²) >= 11 is 3.53. The minimum Gasteiger partial charge on any atom is -0.454 e. The van der Waals surface area contributed by atoms with Crippen molar-refractivity contribution in [2.45, 2.75) is 45.3 Å². The zero-order valence-electron chi connectivity index (χ0n) is 12.3. The van der Waals surface area contributed by atoms with Gasteiger partial charge < -0.3 is 10.1 Å². The zero-order chi connectivity index (χ0) is 14.8. The smallest absolute Gasteiger partial charge is 0.165 e. The molecule has 4 nitrogen and oxygen atoms in total. The molecule has 1 heterocycles. The highest BCUT2D eigenvalue weighted by molar-refractivity contribution is 9.10. The second-order valence-electron chi connectivity index (χ2n) is 5.76. The Balaban J connectivity index is 1.75. The average molecular weight is 350 g/mol. The van der Waals surface area contributed by atoms with Crippen molar-refractivity contribution in [1.29, 1.82) is 0 Å². The second-order valence-corrected chi connectivity index (χ2v) is 6.67. The SMILES string of the molecule is CC(C)n1cc(Oc2ccc(Br)cc2CNC2CC2)cn1. The summed E-state index contributed by atoms with van der Waals surface area (Å²) in [6.45, 7) is 5.03. The number of hydrogen-bond donors (Lipinski definition) is 1. The zero-order valence-corrected chi connectivity index (χ0v) is 13.9. The van der Waals surface area contributed by atoms with Gasteiger partial charge in [-0.1, -0.05) is 15.9 Å². The molecule has 0 unspecified atom stereocenters. The van der Waals surface area contributed by atoms with Crippen LogP contribution in [0.25, 0.3) is 0 Å². The van der Waals surface area contributed by atoms with Crippen LogP contribution in [0.4, 0.5) is 0 Å². The summed E-state index contributed by atoms with van der Waals surface area (Å²) < 4.78 is 8.97. The minimum absolute atomic E-state index is 0.336. The lowest BCUT2D eigenvalue weighted by atomic mass is 10.2. The summed E-state index contributed by atoms with van der Waals surface area (Å²) in [6, 6.07) is 7.13. The molecular weight excluding hydrogens is 330 g/mol. The van der Waals surface area contributed by atoms with E-state index in [1.165, 1.54) is 12.8 Å². The number of nitrogens with one attached hydrogen (secondary N) is 1. The fraction of sp³-hybridized carbons (Fsp3) is 0.438. The molecule has 112 valence electrons. The maximum atomic E-state index is 6.00. The van der Waals surface area contributed by atoms with Gasteiger partial charge in [-0.15, -0.1) is 0 Å². The van der Waals surface area contributed by atoms with Gasteiger partial charge in [-0.25, -0.2) is 0 Å². The van der Waals surface area contributed by atoms with Crippen LogP contribution < -0.4 is 10.1 Å². The van der Waals surface area contributed by atoms with E-state index in [1.54, 1.807) is 6.20 Å². The quantitative estimate of drug-likeness (QED) is 0.846. The van der Waals surface area contributed by atoms with Crippen LogP contribution in [0.1, 0.15) is 38.3 Å². The van der Waals surface area contributed by atoms with Crippen LogP contribution in [0.5, 0.6) is 11.5 Å². The summed E-state index contributed by atoms with van der Waals surface area (Å²) in [5.41, 5.74) is 1.16. The highest BCUT2D eigenvalue weighted by Crippen LogP contribution is 2.29. The van der Waals surface area contributed by atoms with Gasteiger partial charge >= 0.3 is 0 Å². The second kappa shape index (κ2) is 6.20. The van der Waals surface area contributed by atoms with Gasteiger partial charge in [-0.2, -0.15) is 5.10 Å². The Hall–Kier alpha value is -1.33. The van der Waals surface area contributed by atoms with Crippen LogP contribution in [0.2, 0.25) is 0 Å². The van der Waals surface area contributed by atoms with Crippen LogP contribution in [0.3, 0.4) is 0 Å². The number of hydrogen-bond acceptors (Lipinski definition) is 3.